The number of esters is 3. The Kier molecular flexibility index (Phi) is 45.4. The molecule has 1 unspecified atom stereocenters. The van der Waals surface area contributed by atoms with E-state index in [1.807, 2.05) is 6.08 Å². The standard InChI is InChI=1S/C53H92O6/c1-4-7-10-13-16-19-21-23-25-26-28-29-31-34-37-40-43-46-52(55)58-49-50(48-57-51(54)45-42-39-36-33-18-15-12-9-6-3)59-53(56)47-44-41-38-35-32-30-27-24-22-20-17-14-11-8-5-2/h9,12,16,18-19,23,25,33,39,42,50H,4-8,10-11,13-15,17,20-22,24,26-32,34-38,40-41,43-49H2,1-3H3/b12-9-,19-16-,25-23-,33-18-,42-39-. The summed E-state index contributed by atoms with van der Waals surface area (Å²) < 4.78 is 16.6. The van der Waals surface area contributed by atoms with Crippen LogP contribution in [0.25, 0.3) is 0 Å². The van der Waals surface area contributed by atoms with Gasteiger partial charge in [0.2, 0.25) is 0 Å². The lowest BCUT2D eigenvalue weighted by Gasteiger charge is -2.18. The summed E-state index contributed by atoms with van der Waals surface area (Å²) in [5, 5.41) is 0. The summed E-state index contributed by atoms with van der Waals surface area (Å²) in [6.45, 7) is 6.40. The minimum atomic E-state index is -0.809. The van der Waals surface area contributed by atoms with Crippen LogP contribution in [0.15, 0.2) is 60.8 Å². The van der Waals surface area contributed by atoms with Crippen LogP contribution in [0.4, 0.5) is 0 Å². The minimum absolute atomic E-state index is 0.104. The number of rotatable bonds is 44. The first kappa shape index (κ1) is 56.1. The quantitative estimate of drug-likeness (QED) is 0.0263. The van der Waals surface area contributed by atoms with Gasteiger partial charge >= 0.3 is 17.9 Å². The van der Waals surface area contributed by atoms with Crippen molar-refractivity contribution < 1.29 is 28.6 Å². The third-order valence-electron chi connectivity index (χ3n) is 10.5. The third kappa shape index (κ3) is 46.0. The lowest BCUT2D eigenvalue weighted by atomic mass is 10.0. The fourth-order valence-electron chi connectivity index (χ4n) is 6.83. The molecule has 0 heterocycles. The molecule has 0 aromatic rings. The molecule has 0 aliphatic carbocycles. The minimum Gasteiger partial charge on any atom is -0.462 e. The maximum atomic E-state index is 12.7. The van der Waals surface area contributed by atoms with Crippen molar-refractivity contribution in [1.29, 1.82) is 0 Å². The van der Waals surface area contributed by atoms with Crippen molar-refractivity contribution in [3.8, 4) is 0 Å². The van der Waals surface area contributed by atoms with Crippen molar-refractivity contribution in [3.05, 3.63) is 60.8 Å². The summed E-state index contributed by atoms with van der Waals surface area (Å²) in [6.07, 6.45) is 58.1. The molecule has 59 heavy (non-hydrogen) atoms. The molecule has 0 aliphatic rings. The summed E-state index contributed by atoms with van der Waals surface area (Å²) in [6, 6.07) is 0. The van der Waals surface area contributed by atoms with Gasteiger partial charge in [0.15, 0.2) is 6.10 Å². The molecule has 0 N–H and O–H groups in total. The molecule has 0 saturated carbocycles. The molecule has 0 aliphatic heterocycles. The van der Waals surface area contributed by atoms with Crippen LogP contribution in [-0.2, 0) is 28.6 Å². The summed E-state index contributed by atoms with van der Waals surface area (Å²) in [4.78, 5) is 37.7. The van der Waals surface area contributed by atoms with Crippen LogP contribution < -0.4 is 0 Å². The zero-order valence-electron chi connectivity index (χ0n) is 38.8. The Morgan fingerprint density at radius 3 is 1.22 bits per heavy atom. The molecule has 0 saturated heterocycles. The maximum Gasteiger partial charge on any atom is 0.309 e. The van der Waals surface area contributed by atoms with Crippen LogP contribution in [0.5, 0.6) is 0 Å². The number of hydrogen-bond donors (Lipinski definition) is 0. The molecule has 0 radical (unpaired) electrons. The van der Waals surface area contributed by atoms with E-state index in [9.17, 15) is 14.4 Å². The Hall–Kier alpha value is -2.89. The third-order valence-corrected chi connectivity index (χ3v) is 10.5. The van der Waals surface area contributed by atoms with E-state index in [0.717, 1.165) is 70.6 Å². The second-order valence-corrected chi connectivity index (χ2v) is 16.4. The number of carbonyl (C=O) groups is 3. The predicted molar refractivity (Wildman–Crippen MR) is 251 cm³/mol. The van der Waals surface area contributed by atoms with Gasteiger partial charge in [-0.1, -0.05) is 216 Å². The molecular weight excluding hydrogens is 733 g/mol. The molecule has 6 heteroatoms. The van der Waals surface area contributed by atoms with Gasteiger partial charge in [0.25, 0.3) is 0 Å². The van der Waals surface area contributed by atoms with Crippen LogP contribution in [0.1, 0.15) is 239 Å². The fraction of sp³-hybridized carbons (Fsp3) is 0.755. The highest BCUT2D eigenvalue weighted by Gasteiger charge is 2.19. The van der Waals surface area contributed by atoms with Crippen molar-refractivity contribution in [2.24, 2.45) is 0 Å². The van der Waals surface area contributed by atoms with Crippen LogP contribution in [-0.4, -0.2) is 37.2 Å². The first-order chi connectivity index (χ1) is 29.0. The van der Waals surface area contributed by atoms with Gasteiger partial charge in [0, 0.05) is 12.8 Å². The van der Waals surface area contributed by atoms with E-state index in [1.165, 1.54) is 128 Å². The zero-order chi connectivity index (χ0) is 43.0. The first-order valence-electron chi connectivity index (χ1n) is 24.8. The Balaban J connectivity index is 4.37. The van der Waals surface area contributed by atoms with Gasteiger partial charge in [-0.15, -0.1) is 0 Å². The molecule has 0 bridgehead atoms. The van der Waals surface area contributed by atoms with E-state index >= 15 is 0 Å². The van der Waals surface area contributed by atoms with Gasteiger partial charge < -0.3 is 14.2 Å². The van der Waals surface area contributed by atoms with Crippen LogP contribution >= 0.6 is 0 Å². The van der Waals surface area contributed by atoms with Crippen molar-refractivity contribution in [2.75, 3.05) is 13.2 Å². The molecule has 0 amide bonds. The molecule has 0 spiro atoms. The molecule has 1 atom stereocenters. The highest BCUT2D eigenvalue weighted by molar-refractivity contribution is 5.72. The van der Waals surface area contributed by atoms with Crippen molar-refractivity contribution in [1.82, 2.24) is 0 Å². The second-order valence-electron chi connectivity index (χ2n) is 16.4. The second kappa shape index (κ2) is 47.8. The van der Waals surface area contributed by atoms with E-state index in [4.69, 9.17) is 14.2 Å². The summed E-state index contributed by atoms with van der Waals surface area (Å²) in [7, 11) is 0. The molecular formula is C53H92O6. The maximum absolute atomic E-state index is 12.7. The van der Waals surface area contributed by atoms with Crippen LogP contribution in [0, 0.1) is 0 Å². The lowest BCUT2D eigenvalue weighted by Crippen LogP contribution is -2.30. The van der Waals surface area contributed by atoms with Crippen molar-refractivity contribution >= 4 is 17.9 Å². The predicted octanol–water partition coefficient (Wildman–Crippen LogP) is 16.1. The van der Waals surface area contributed by atoms with E-state index in [0.29, 0.717) is 12.8 Å². The lowest BCUT2D eigenvalue weighted by molar-refractivity contribution is -0.166. The number of allylic oxidation sites excluding steroid dienone is 9. The molecule has 340 valence electrons. The van der Waals surface area contributed by atoms with Crippen LogP contribution in [0.2, 0.25) is 0 Å². The highest BCUT2D eigenvalue weighted by Crippen LogP contribution is 2.15. The normalized spacial score (nSPS) is 12.5. The average molecular weight is 825 g/mol. The Labute approximate surface area is 364 Å². The number of carbonyl (C=O) groups excluding carboxylic acids is 3. The van der Waals surface area contributed by atoms with E-state index in [1.54, 1.807) is 6.08 Å². The summed E-state index contributed by atoms with van der Waals surface area (Å²) in [5.74, 6) is -1.04. The van der Waals surface area contributed by atoms with Gasteiger partial charge in [-0.25, -0.2) is 0 Å². The van der Waals surface area contributed by atoms with Crippen LogP contribution in [0.3, 0.4) is 0 Å². The monoisotopic (exact) mass is 825 g/mol. The molecule has 0 aromatic carbocycles. The molecule has 0 fully saturated rings. The van der Waals surface area contributed by atoms with Gasteiger partial charge in [-0.2, -0.15) is 0 Å². The Morgan fingerprint density at radius 2 is 0.729 bits per heavy atom. The number of unbranched alkanes of at least 4 members (excludes halogenated alkanes) is 24. The summed E-state index contributed by atoms with van der Waals surface area (Å²) in [5.41, 5.74) is 0. The zero-order valence-corrected chi connectivity index (χ0v) is 38.8. The molecule has 0 aromatic heterocycles. The largest absolute Gasteiger partial charge is 0.462 e. The van der Waals surface area contributed by atoms with Gasteiger partial charge in [0.05, 0.1) is 6.42 Å². The van der Waals surface area contributed by atoms with E-state index in [-0.39, 0.29) is 31.6 Å². The van der Waals surface area contributed by atoms with Crippen molar-refractivity contribution in [2.45, 2.75) is 245 Å². The van der Waals surface area contributed by atoms with Crippen molar-refractivity contribution in [3.63, 3.8) is 0 Å². The Bertz CT molecular complexity index is 1090. The van der Waals surface area contributed by atoms with E-state index in [2.05, 4.69) is 69.4 Å². The van der Waals surface area contributed by atoms with Gasteiger partial charge in [-0.05, 0) is 64.2 Å². The Morgan fingerprint density at radius 1 is 0.373 bits per heavy atom. The highest BCUT2D eigenvalue weighted by atomic mass is 16.6. The smallest absolute Gasteiger partial charge is 0.309 e. The molecule has 6 nitrogen and oxygen atoms in total. The topological polar surface area (TPSA) is 78.9 Å². The number of hydrogen-bond acceptors (Lipinski definition) is 6. The van der Waals surface area contributed by atoms with Gasteiger partial charge in [0.1, 0.15) is 13.2 Å². The SMILES string of the molecule is CC/C=C\C/C=C\C/C=C\CC(=O)OCC(COC(=O)CCCCCCCCC/C=C\C/C=C\CCCCC)OC(=O)CCCCCCCCCCCCCCCCC. The van der Waals surface area contributed by atoms with Gasteiger partial charge in [-0.3, -0.25) is 14.4 Å². The van der Waals surface area contributed by atoms with E-state index < -0.39 is 12.1 Å². The first-order valence-corrected chi connectivity index (χ1v) is 24.8. The fourth-order valence-corrected chi connectivity index (χ4v) is 6.83. The average Bonchev–Trinajstić information content (AvgIpc) is 3.23. The summed E-state index contributed by atoms with van der Waals surface area (Å²) >= 11 is 0. The number of ether oxygens (including phenoxy) is 3. The molecule has 0 rings (SSSR count).